The number of hydrogen-bond donors (Lipinski definition) is 2. The van der Waals surface area contributed by atoms with Crippen LogP contribution in [0.25, 0.3) is 5.82 Å². The fourth-order valence-electron chi connectivity index (χ4n) is 3.32. The summed E-state index contributed by atoms with van der Waals surface area (Å²) in [6.45, 7) is 0.882. The van der Waals surface area contributed by atoms with Crippen molar-refractivity contribution in [3.63, 3.8) is 0 Å². The molecule has 1 aliphatic carbocycles. The highest BCUT2D eigenvalue weighted by Crippen LogP contribution is 2.29. The molecule has 0 spiro atoms. The maximum absolute atomic E-state index is 10.3. The Hall–Kier alpha value is -2.67. The quantitative estimate of drug-likeness (QED) is 0.747. The number of nitrogens with one attached hydrogen (secondary N) is 1. The number of nitrogens with zero attached hydrogens (tertiary/aromatic N) is 5. The van der Waals surface area contributed by atoms with Crippen molar-refractivity contribution in [2.45, 2.75) is 31.5 Å². The Bertz CT molecular complexity index is 753. The molecule has 0 aromatic carbocycles. The van der Waals surface area contributed by atoms with Crippen molar-refractivity contribution in [3.8, 4) is 5.82 Å². The Labute approximate surface area is 140 Å². The largest absolute Gasteiger partial charge is 0.391 e. The molecule has 1 fully saturated rings. The number of anilines is 1. The molecule has 3 aromatic heterocycles. The summed E-state index contributed by atoms with van der Waals surface area (Å²) >= 11 is 0. The molecule has 0 radical (unpaired) electrons. The number of rotatable bonds is 5. The average Bonchev–Trinajstić information content (AvgIpc) is 3.33. The summed E-state index contributed by atoms with van der Waals surface area (Å²) in [5.41, 5.74) is 0. The van der Waals surface area contributed by atoms with Gasteiger partial charge in [0.25, 0.3) is 0 Å². The van der Waals surface area contributed by atoms with Crippen molar-refractivity contribution in [3.05, 3.63) is 55.6 Å². The third kappa shape index (κ3) is 3.16. The minimum absolute atomic E-state index is 0.00486. The summed E-state index contributed by atoms with van der Waals surface area (Å²) in [6.07, 6.45) is 14.2. The average molecular weight is 324 g/mol. The number of aliphatic hydroxyl groups is 1. The summed E-state index contributed by atoms with van der Waals surface area (Å²) < 4.78 is 3.97. The lowest BCUT2D eigenvalue weighted by atomic mass is 10.1. The van der Waals surface area contributed by atoms with Crippen molar-refractivity contribution in [2.75, 3.05) is 5.32 Å². The van der Waals surface area contributed by atoms with E-state index in [9.17, 15) is 5.11 Å². The number of aromatic nitrogens is 5. The molecule has 2 N–H and O–H groups in total. The fourth-order valence-corrected chi connectivity index (χ4v) is 3.32. The molecular formula is C17H20N6O. The standard InChI is InChI=1S/C17H20N6O/c24-15-8-13(11-22-6-3-18-12-22)7-14(15)21-16-9-20-17(10-19-16)23-4-1-2-5-23/h1-6,9-10,12-15,24H,7-8,11H2,(H,19,21)/t13?,14-,15-/m1/s1. The lowest BCUT2D eigenvalue weighted by Gasteiger charge is -2.17. The second-order valence-corrected chi connectivity index (χ2v) is 6.27. The number of imidazole rings is 1. The van der Waals surface area contributed by atoms with E-state index in [1.807, 2.05) is 41.6 Å². The maximum atomic E-state index is 10.3. The van der Waals surface area contributed by atoms with Gasteiger partial charge in [-0.2, -0.15) is 0 Å². The topological polar surface area (TPSA) is 80.8 Å². The van der Waals surface area contributed by atoms with Gasteiger partial charge in [-0.05, 0) is 30.9 Å². The van der Waals surface area contributed by atoms with E-state index in [2.05, 4.69) is 24.8 Å². The summed E-state index contributed by atoms with van der Waals surface area (Å²) in [5, 5.41) is 13.6. The molecule has 0 bridgehead atoms. The molecule has 1 unspecified atom stereocenters. The zero-order valence-electron chi connectivity index (χ0n) is 13.2. The molecule has 1 aliphatic rings. The molecule has 0 aliphatic heterocycles. The summed E-state index contributed by atoms with van der Waals surface area (Å²) in [5.74, 6) is 1.90. The van der Waals surface area contributed by atoms with Crippen LogP contribution in [0.5, 0.6) is 0 Å². The van der Waals surface area contributed by atoms with Gasteiger partial charge in [0.1, 0.15) is 5.82 Å². The first kappa shape index (κ1) is 14.9. The first-order valence-corrected chi connectivity index (χ1v) is 8.13. The highest BCUT2D eigenvalue weighted by Gasteiger charge is 2.33. The zero-order chi connectivity index (χ0) is 16.4. The predicted octanol–water partition coefficient (Wildman–Crippen LogP) is 1.72. The van der Waals surface area contributed by atoms with Crippen LogP contribution in [0.15, 0.2) is 55.6 Å². The molecule has 3 atom stereocenters. The predicted molar refractivity (Wildman–Crippen MR) is 89.7 cm³/mol. The minimum Gasteiger partial charge on any atom is -0.391 e. The summed E-state index contributed by atoms with van der Waals surface area (Å²) in [6, 6.07) is 3.90. The van der Waals surface area contributed by atoms with Crippen LogP contribution in [-0.2, 0) is 6.54 Å². The van der Waals surface area contributed by atoms with Crippen molar-refractivity contribution >= 4 is 5.82 Å². The monoisotopic (exact) mass is 324 g/mol. The molecule has 7 heteroatoms. The van der Waals surface area contributed by atoms with Crippen molar-refractivity contribution in [1.29, 1.82) is 0 Å². The maximum Gasteiger partial charge on any atom is 0.155 e. The van der Waals surface area contributed by atoms with E-state index in [4.69, 9.17) is 0 Å². The van der Waals surface area contributed by atoms with Crippen molar-refractivity contribution in [1.82, 2.24) is 24.1 Å². The van der Waals surface area contributed by atoms with E-state index in [1.165, 1.54) is 0 Å². The van der Waals surface area contributed by atoms with Gasteiger partial charge in [-0.3, -0.25) is 0 Å². The van der Waals surface area contributed by atoms with E-state index in [0.29, 0.717) is 11.7 Å². The fraction of sp³-hybridized carbons (Fsp3) is 0.353. The lowest BCUT2D eigenvalue weighted by Crippen LogP contribution is -2.28. The SMILES string of the molecule is O[C@@H]1CC(Cn2ccnc2)C[C@H]1Nc1cnc(-n2cccc2)cn1. The van der Waals surface area contributed by atoms with Gasteiger partial charge in [0.15, 0.2) is 5.82 Å². The third-order valence-electron chi connectivity index (χ3n) is 4.50. The van der Waals surface area contributed by atoms with Crippen molar-refractivity contribution in [2.24, 2.45) is 5.92 Å². The molecule has 1 saturated carbocycles. The van der Waals surface area contributed by atoms with Gasteiger partial charge in [0.05, 0.1) is 30.9 Å². The smallest absolute Gasteiger partial charge is 0.155 e. The molecule has 3 heterocycles. The van der Waals surface area contributed by atoms with Gasteiger partial charge in [-0.15, -0.1) is 0 Å². The molecule has 0 amide bonds. The second kappa shape index (κ2) is 6.45. The first-order chi connectivity index (χ1) is 11.8. The number of hydrogen-bond acceptors (Lipinski definition) is 5. The van der Waals surface area contributed by atoms with Crippen molar-refractivity contribution < 1.29 is 5.11 Å². The van der Waals surface area contributed by atoms with Crippen LogP contribution in [0.2, 0.25) is 0 Å². The van der Waals surface area contributed by atoms with Crippen LogP contribution in [0, 0.1) is 5.92 Å². The Morgan fingerprint density at radius 3 is 2.71 bits per heavy atom. The van der Waals surface area contributed by atoms with Gasteiger partial charge in [0, 0.05) is 31.3 Å². The van der Waals surface area contributed by atoms with Crippen LogP contribution in [0.3, 0.4) is 0 Å². The number of aliphatic hydroxyl groups excluding tert-OH is 1. The van der Waals surface area contributed by atoms with Gasteiger partial charge >= 0.3 is 0 Å². The van der Waals surface area contributed by atoms with Crippen LogP contribution in [0.4, 0.5) is 5.82 Å². The Morgan fingerprint density at radius 2 is 2.00 bits per heavy atom. The molecule has 3 aromatic rings. The van der Waals surface area contributed by atoms with Gasteiger partial charge in [-0.1, -0.05) is 0 Å². The highest BCUT2D eigenvalue weighted by atomic mass is 16.3. The molecule has 0 saturated heterocycles. The zero-order valence-corrected chi connectivity index (χ0v) is 13.2. The van der Waals surface area contributed by atoms with E-state index in [-0.39, 0.29) is 12.1 Å². The van der Waals surface area contributed by atoms with E-state index >= 15 is 0 Å². The van der Waals surface area contributed by atoms with Crippen LogP contribution >= 0.6 is 0 Å². The summed E-state index contributed by atoms with van der Waals surface area (Å²) in [4.78, 5) is 12.9. The normalized spacial score (nSPS) is 23.5. The Kier molecular flexibility index (Phi) is 4.00. The lowest BCUT2D eigenvalue weighted by molar-refractivity contribution is 0.166. The van der Waals surface area contributed by atoms with Crippen LogP contribution in [0.1, 0.15) is 12.8 Å². The molecule has 24 heavy (non-hydrogen) atoms. The summed E-state index contributed by atoms with van der Waals surface area (Å²) in [7, 11) is 0. The third-order valence-corrected chi connectivity index (χ3v) is 4.50. The molecule has 124 valence electrons. The first-order valence-electron chi connectivity index (χ1n) is 8.13. The van der Waals surface area contributed by atoms with E-state index in [1.54, 1.807) is 18.6 Å². The molecular weight excluding hydrogens is 304 g/mol. The van der Waals surface area contributed by atoms with E-state index in [0.717, 1.165) is 25.2 Å². The molecule has 7 nitrogen and oxygen atoms in total. The highest BCUT2D eigenvalue weighted by molar-refractivity contribution is 5.36. The van der Waals surface area contributed by atoms with Gasteiger partial charge in [0.2, 0.25) is 0 Å². The van der Waals surface area contributed by atoms with Gasteiger partial charge in [-0.25, -0.2) is 15.0 Å². The Morgan fingerprint density at radius 1 is 1.12 bits per heavy atom. The van der Waals surface area contributed by atoms with Crippen LogP contribution < -0.4 is 5.32 Å². The minimum atomic E-state index is -0.371. The second-order valence-electron chi connectivity index (χ2n) is 6.27. The Balaban J connectivity index is 1.38. The molecule has 4 rings (SSSR count). The van der Waals surface area contributed by atoms with Crippen LogP contribution in [-0.4, -0.2) is 41.3 Å². The van der Waals surface area contributed by atoms with E-state index < -0.39 is 0 Å². The van der Waals surface area contributed by atoms with Gasteiger partial charge < -0.3 is 19.6 Å².